The highest BCUT2D eigenvalue weighted by Crippen LogP contribution is 2.20. The van der Waals surface area contributed by atoms with Gasteiger partial charge in [-0.05, 0) is 24.3 Å². The van der Waals surface area contributed by atoms with Gasteiger partial charge in [-0.15, -0.1) is 0 Å². The van der Waals surface area contributed by atoms with E-state index < -0.39 is 0 Å². The minimum atomic E-state index is 0.522. The molecule has 0 bridgehead atoms. The molecule has 0 spiro atoms. The van der Waals surface area contributed by atoms with Crippen LogP contribution >= 0.6 is 11.6 Å². The van der Waals surface area contributed by atoms with Gasteiger partial charge in [0.25, 0.3) is 0 Å². The van der Waals surface area contributed by atoms with Crippen molar-refractivity contribution in [2.75, 3.05) is 5.73 Å². The van der Waals surface area contributed by atoms with E-state index in [2.05, 4.69) is 0 Å². The van der Waals surface area contributed by atoms with Gasteiger partial charge in [-0.3, -0.25) is 0 Å². The fourth-order valence-corrected chi connectivity index (χ4v) is 1.58. The van der Waals surface area contributed by atoms with Gasteiger partial charge in [0.1, 0.15) is 11.9 Å². The number of halogens is 1. The van der Waals surface area contributed by atoms with Crippen molar-refractivity contribution in [3.63, 3.8) is 0 Å². The maximum atomic E-state index is 8.73. The Labute approximate surface area is 92.3 Å². The smallest absolute Gasteiger partial charge is 0.109 e. The lowest BCUT2D eigenvalue weighted by Crippen LogP contribution is -1.97. The van der Waals surface area contributed by atoms with E-state index in [1.54, 1.807) is 29.0 Å². The lowest BCUT2D eigenvalue weighted by Gasteiger charge is -2.05. The van der Waals surface area contributed by atoms with Crippen LogP contribution in [0.1, 0.15) is 5.56 Å². The summed E-state index contributed by atoms with van der Waals surface area (Å²) in [5.41, 5.74) is 7.15. The van der Waals surface area contributed by atoms with Crippen LogP contribution < -0.4 is 5.73 Å². The highest BCUT2D eigenvalue weighted by molar-refractivity contribution is 6.30. The number of hydrogen-bond donors (Lipinski definition) is 1. The third-order valence-corrected chi connectivity index (χ3v) is 2.30. The molecule has 2 aromatic rings. The van der Waals surface area contributed by atoms with Crippen LogP contribution in [0.3, 0.4) is 0 Å². The molecule has 0 amide bonds. The summed E-state index contributed by atoms with van der Waals surface area (Å²) in [7, 11) is 0. The molecule has 15 heavy (non-hydrogen) atoms. The number of nitrogens with two attached hydrogens (primary N) is 1. The zero-order valence-corrected chi connectivity index (χ0v) is 8.57. The molecule has 0 radical (unpaired) electrons. The molecule has 2 rings (SSSR count). The van der Waals surface area contributed by atoms with Crippen LogP contribution in [0.15, 0.2) is 36.5 Å². The Kier molecular flexibility index (Phi) is 2.36. The largest absolute Gasteiger partial charge is 0.385 e. The van der Waals surface area contributed by atoms with Crippen molar-refractivity contribution in [2.24, 2.45) is 0 Å². The first kappa shape index (κ1) is 9.63. The standard InChI is InChI=1S/C11H8ClN3/c12-9-2-1-3-10(5-9)15-7-8(6-13)4-11(15)14/h1-5,7H,14H2. The molecule has 0 aliphatic heterocycles. The Morgan fingerprint density at radius 1 is 1.33 bits per heavy atom. The van der Waals surface area contributed by atoms with Gasteiger partial charge in [0.2, 0.25) is 0 Å². The molecule has 0 saturated heterocycles. The van der Waals surface area contributed by atoms with Crippen molar-refractivity contribution in [1.29, 1.82) is 5.26 Å². The molecule has 74 valence electrons. The summed E-state index contributed by atoms with van der Waals surface area (Å²) in [6, 6.07) is 11.0. The first-order valence-electron chi connectivity index (χ1n) is 4.34. The average Bonchev–Trinajstić information content (AvgIpc) is 2.60. The number of nitrogens with zero attached hydrogens (tertiary/aromatic N) is 2. The number of rotatable bonds is 1. The molecule has 0 aliphatic rings. The van der Waals surface area contributed by atoms with Crippen molar-refractivity contribution in [1.82, 2.24) is 4.57 Å². The van der Waals surface area contributed by atoms with E-state index >= 15 is 0 Å². The lowest BCUT2D eigenvalue weighted by molar-refractivity contribution is 1.09. The van der Waals surface area contributed by atoms with Crippen LogP contribution in [0, 0.1) is 11.3 Å². The second-order valence-electron chi connectivity index (χ2n) is 3.12. The molecule has 0 fully saturated rings. The van der Waals surface area contributed by atoms with E-state index in [-0.39, 0.29) is 0 Å². The Hall–Kier alpha value is -1.92. The Bertz CT molecular complexity index is 537. The summed E-state index contributed by atoms with van der Waals surface area (Å²) in [5.74, 6) is 0.522. The first-order chi connectivity index (χ1) is 7.20. The molecular formula is C11H8ClN3. The van der Waals surface area contributed by atoms with Crippen molar-refractivity contribution in [2.45, 2.75) is 0 Å². The molecule has 0 saturated carbocycles. The average molecular weight is 218 g/mol. The van der Waals surface area contributed by atoms with Gasteiger partial charge in [0, 0.05) is 16.9 Å². The predicted molar refractivity (Wildman–Crippen MR) is 59.9 cm³/mol. The summed E-state index contributed by atoms with van der Waals surface area (Å²) in [6.07, 6.45) is 1.68. The van der Waals surface area contributed by atoms with E-state index in [1.165, 1.54) is 0 Å². The summed E-state index contributed by atoms with van der Waals surface area (Å²) in [4.78, 5) is 0. The maximum Gasteiger partial charge on any atom is 0.109 e. The number of benzene rings is 1. The van der Waals surface area contributed by atoms with E-state index in [9.17, 15) is 0 Å². The monoisotopic (exact) mass is 217 g/mol. The van der Waals surface area contributed by atoms with Gasteiger partial charge in [0.15, 0.2) is 0 Å². The van der Waals surface area contributed by atoms with Crippen LogP contribution in [0.5, 0.6) is 0 Å². The third kappa shape index (κ3) is 1.80. The van der Waals surface area contributed by atoms with E-state index in [4.69, 9.17) is 22.6 Å². The van der Waals surface area contributed by atoms with Crippen molar-refractivity contribution in [3.8, 4) is 11.8 Å². The number of nitrogen functional groups attached to an aromatic ring is 1. The number of nitriles is 1. The van der Waals surface area contributed by atoms with Gasteiger partial charge in [-0.2, -0.15) is 5.26 Å². The molecular weight excluding hydrogens is 210 g/mol. The highest BCUT2D eigenvalue weighted by Gasteiger charge is 2.04. The van der Waals surface area contributed by atoms with E-state index in [1.807, 2.05) is 18.2 Å². The molecule has 1 aromatic heterocycles. The van der Waals surface area contributed by atoms with Crippen LogP contribution in [0.25, 0.3) is 5.69 Å². The normalized spacial score (nSPS) is 9.87. The predicted octanol–water partition coefficient (Wildman–Crippen LogP) is 2.58. The van der Waals surface area contributed by atoms with Crippen LogP contribution in [0.4, 0.5) is 5.82 Å². The second-order valence-corrected chi connectivity index (χ2v) is 3.55. The first-order valence-corrected chi connectivity index (χ1v) is 4.72. The topological polar surface area (TPSA) is 54.7 Å². The third-order valence-electron chi connectivity index (χ3n) is 2.07. The molecule has 3 nitrogen and oxygen atoms in total. The van der Waals surface area contributed by atoms with Gasteiger partial charge in [0.05, 0.1) is 5.56 Å². The summed E-state index contributed by atoms with van der Waals surface area (Å²) in [5, 5.41) is 9.37. The maximum absolute atomic E-state index is 8.73. The van der Waals surface area contributed by atoms with E-state index in [0.29, 0.717) is 16.4 Å². The minimum absolute atomic E-state index is 0.522. The number of anilines is 1. The molecule has 0 unspecified atom stereocenters. The molecule has 0 aliphatic carbocycles. The SMILES string of the molecule is N#Cc1cc(N)n(-c2cccc(Cl)c2)c1. The Morgan fingerprint density at radius 3 is 2.73 bits per heavy atom. The van der Waals surface area contributed by atoms with Crippen molar-refractivity contribution in [3.05, 3.63) is 47.1 Å². The van der Waals surface area contributed by atoms with Crippen LogP contribution in [-0.4, -0.2) is 4.57 Å². The summed E-state index contributed by atoms with van der Waals surface area (Å²) < 4.78 is 1.73. The zero-order valence-electron chi connectivity index (χ0n) is 7.81. The fourth-order valence-electron chi connectivity index (χ4n) is 1.39. The van der Waals surface area contributed by atoms with Crippen molar-refractivity contribution >= 4 is 17.4 Å². The number of hydrogen-bond acceptors (Lipinski definition) is 2. The molecule has 4 heteroatoms. The molecule has 1 heterocycles. The van der Waals surface area contributed by atoms with Crippen molar-refractivity contribution < 1.29 is 0 Å². The molecule has 0 atom stereocenters. The van der Waals surface area contributed by atoms with Gasteiger partial charge < -0.3 is 10.3 Å². The summed E-state index contributed by atoms with van der Waals surface area (Å²) >= 11 is 5.87. The lowest BCUT2D eigenvalue weighted by atomic mass is 10.3. The zero-order chi connectivity index (χ0) is 10.8. The Balaban J connectivity index is 2.54. The van der Waals surface area contributed by atoms with E-state index in [0.717, 1.165) is 5.69 Å². The number of aromatic nitrogens is 1. The minimum Gasteiger partial charge on any atom is -0.385 e. The Morgan fingerprint density at radius 2 is 2.13 bits per heavy atom. The fraction of sp³-hybridized carbons (Fsp3) is 0. The van der Waals surface area contributed by atoms with Crippen LogP contribution in [-0.2, 0) is 0 Å². The second kappa shape index (κ2) is 3.68. The highest BCUT2D eigenvalue weighted by atomic mass is 35.5. The quantitative estimate of drug-likeness (QED) is 0.798. The van der Waals surface area contributed by atoms with Crippen LogP contribution in [0.2, 0.25) is 5.02 Å². The summed E-state index contributed by atoms with van der Waals surface area (Å²) in [6.45, 7) is 0. The van der Waals surface area contributed by atoms with Gasteiger partial charge >= 0.3 is 0 Å². The molecule has 2 N–H and O–H groups in total. The molecule has 1 aromatic carbocycles. The van der Waals surface area contributed by atoms with Gasteiger partial charge in [-0.25, -0.2) is 0 Å². The van der Waals surface area contributed by atoms with Gasteiger partial charge in [-0.1, -0.05) is 17.7 Å².